The topological polar surface area (TPSA) is 69.2 Å². The fraction of sp³-hybridized carbons (Fsp3) is 0.652. The summed E-state index contributed by atoms with van der Waals surface area (Å²) in [4.78, 5) is 21.3. The Kier molecular flexibility index (Phi) is 11.6. The molecule has 3 rings (SSSR count). The number of nitrogens with one attached hydrogen (secondary N) is 2. The molecule has 1 unspecified atom stereocenters. The van der Waals surface area contributed by atoms with E-state index in [0.29, 0.717) is 25.6 Å². The highest BCUT2D eigenvalue weighted by Gasteiger charge is 2.22. The number of hydrogen-bond donors (Lipinski definition) is 2. The third-order valence-electron chi connectivity index (χ3n) is 6.04. The van der Waals surface area contributed by atoms with Crippen LogP contribution in [0.5, 0.6) is 0 Å². The minimum Gasteiger partial charge on any atom is -0.379 e. The number of piperidine rings is 1. The summed E-state index contributed by atoms with van der Waals surface area (Å²) in [7, 11) is 1.77. The van der Waals surface area contributed by atoms with Gasteiger partial charge in [0.15, 0.2) is 5.96 Å². The summed E-state index contributed by atoms with van der Waals surface area (Å²) in [6, 6.07) is 8.90. The number of hydrogen-bond acceptors (Lipinski definition) is 4. The second-order valence-corrected chi connectivity index (χ2v) is 8.19. The van der Waals surface area contributed by atoms with Crippen molar-refractivity contribution in [3.8, 4) is 0 Å². The van der Waals surface area contributed by atoms with Gasteiger partial charge < -0.3 is 20.3 Å². The minimum atomic E-state index is 0. The van der Waals surface area contributed by atoms with Crippen LogP contribution in [0.25, 0.3) is 0 Å². The molecule has 2 fully saturated rings. The molecule has 2 heterocycles. The van der Waals surface area contributed by atoms with Crippen molar-refractivity contribution >= 4 is 35.8 Å². The average Bonchev–Trinajstić information content (AvgIpc) is 2.78. The van der Waals surface area contributed by atoms with Crippen molar-refractivity contribution in [2.75, 3.05) is 46.4 Å². The zero-order valence-corrected chi connectivity index (χ0v) is 21.3. The molecular formula is C23H38IN5O2. The lowest BCUT2D eigenvalue weighted by atomic mass is 10.0. The van der Waals surface area contributed by atoms with Crippen molar-refractivity contribution in [1.29, 1.82) is 0 Å². The standard InChI is InChI=1S/C23H37N5O2.HI/c1-19-7-5-6-12-28(19)22(29)10-11-25-23(24-2)26-17-20-8-3-4-9-21(20)18-27-13-15-30-16-14-27;/h3-4,8-9,19H,5-7,10-18H2,1-2H3,(H2,24,25,26);1H. The number of guanidine groups is 1. The molecule has 31 heavy (non-hydrogen) atoms. The van der Waals surface area contributed by atoms with Gasteiger partial charge in [-0.3, -0.25) is 14.7 Å². The van der Waals surface area contributed by atoms with E-state index in [0.717, 1.165) is 58.2 Å². The van der Waals surface area contributed by atoms with Gasteiger partial charge in [-0.2, -0.15) is 0 Å². The third kappa shape index (κ3) is 8.23. The molecule has 1 atom stereocenters. The zero-order valence-electron chi connectivity index (χ0n) is 18.9. The smallest absolute Gasteiger partial charge is 0.224 e. The van der Waals surface area contributed by atoms with Crippen LogP contribution in [0.4, 0.5) is 0 Å². The van der Waals surface area contributed by atoms with Crippen LogP contribution in [0.15, 0.2) is 29.3 Å². The Bertz CT molecular complexity index is 709. The van der Waals surface area contributed by atoms with Gasteiger partial charge in [0.05, 0.1) is 13.2 Å². The second kappa shape index (κ2) is 13.9. The fourth-order valence-corrected chi connectivity index (χ4v) is 4.18. The lowest BCUT2D eigenvalue weighted by molar-refractivity contribution is -0.134. The predicted octanol–water partition coefficient (Wildman–Crippen LogP) is 2.59. The lowest BCUT2D eigenvalue weighted by Crippen LogP contribution is -2.44. The molecule has 0 saturated carbocycles. The van der Waals surface area contributed by atoms with Crippen LogP contribution in [-0.2, 0) is 22.6 Å². The average molecular weight is 543 g/mol. The molecule has 1 amide bonds. The first-order valence-electron chi connectivity index (χ1n) is 11.3. The molecule has 0 aliphatic carbocycles. The SMILES string of the molecule is CN=C(NCCC(=O)N1CCCCC1C)NCc1ccccc1CN1CCOCC1.I. The van der Waals surface area contributed by atoms with Crippen molar-refractivity contribution in [2.24, 2.45) is 4.99 Å². The Hall–Kier alpha value is -1.39. The number of amides is 1. The number of likely N-dealkylation sites (tertiary alicyclic amines) is 1. The zero-order chi connectivity index (χ0) is 21.2. The molecule has 174 valence electrons. The molecule has 2 N–H and O–H groups in total. The van der Waals surface area contributed by atoms with Crippen molar-refractivity contribution in [3.63, 3.8) is 0 Å². The normalized spacial score (nSPS) is 20.1. The second-order valence-electron chi connectivity index (χ2n) is 8.19. The van der Waals surface area contributed by atoms with Crippen LogP contribution in [0.1, 0.15) is 43.7 Å². The highest BCUT2D eigenvalue weighted by atomic mass is 127. The van der Waals surface area contributed by atoms with Gasteiger partial charge in [-0.25, -0.2) is 0 Å². The van der Waals surface area contributed by atoms with E-state index in [-0.39, 0.29) is 29.9 Å². The van der Waals surface area contributed by atoms with Crippen molar-refractivity contribution in [1.82, 2.24) is 20.4 Å². The highest BCUT2D eigenvalue weighted by molar-refractivity contribution is 14.0. The number of morpholine rings is 1. The van der Waals surface area contributed by atoms with E-state index >= 15 is 0 Å². The summed E-state index contributed by atoms with van der Waals surface area (Å²) >= 11 is 0. The summed E-state index contributed by atoms with van der Waals surface area (Å²) in [5.74, 6) is 0.969. The van der Waals surface area contributed by atoms with E-state index in [4.69, 9.17) is 4.74 Å². The maximum atomic E-state index is 12.5. The van der Waals surface area contributed by atoms with Gasteiger partial charge in [0, 0.05) is 58.8 Å². The number of ether oxygens (including phenoxy) is 1. The predicted molar refractivity (Wildman–Crippen MR) is 136 cm³/mol. The Morgan fingerprint density at radius 2 is 1.87 bits per heavy atom. The molecule has 0 spiro atoms. The molecule has 1 aromatic carbocycles. The molecule has 0 radical (unpaired) electrons. The van der Waals surface area contributed by atoms with E-state index in [2.05, 4.69) is 51.7 Å². The molecule has 2 aliphatic heterocycles. The first kappa shape index (κ1) is 25.9. The lowest BCUT2D eigenvalue weighted by Gasteiger charge is -2.33. The van der Waals surface area contributed by atoms with Crippen molar-refractivity contribution < 1.29 is 9.53 Å². The molecular weight excluding hydrogens is 505 g/mol. The third-order valence-corrected chi connectivity index (χ3v) is 6.04. The Balaban J connectivity index is 0.00000341. The monoisotopic (exact) mass is 543 g/mol. The van der Waals surface area contributed by atoms with E-state index < -0.39 is 0 Å². The van der Waals surface area contributed by atoms with Gasteiger partial charge in [-0.1, -0.05) is 24.3 Å². The first-order chi connectivity index (χ1) is 14.7. The fourth-order valence-electron chi connectivity index (χ4n) is 4.18. The van der Waals surface area contributed by atoms with E-state index in [1.165, 1.54) is 17.5 Å². The van der Waals surface area contributed by atoms with Gasteiger partial charge in [-0.05, 0) is 37.3 Å². The van der Waals surface area contributed by atoms with Crippen LogP contribution in [-0.4, -0.2) is 74.1 Å². The van der Waals surface area contributed by atoms with Gasteiger partial charge in [0.2, 0.25) is 5.91 Å². The number of aliphatic imine (C=N–C) groups is 1. The summed E-state index contributed by atoms with van der Waals surface area (Å²) in [6.45, 7) is 8.87. The van der Waals surface area contributed by atoms with Gasteiger partial charge in [-0.15, -0.1) is 24.0 Å². The van der Waals surface area contributed by atoms with Gasteiger partial charge in [0.1, 0.15) is 0 Å². The molecule has 2 aliphatic rings. The summed E-state index contributed by atoms with van der Waals surface area (Å²) in [5.41, 5.74) is 2.60. The molecule has 1 aromatic rings. The highest BCUT2D eigenvalue weighted by Crippen LogP contribution is 2.17. The minimum absolute atomic E-state index is 0. The van der Waals surface area contributed by atoms with Crippen LogP contribution in [0, 0.1) is 0 Å². The number of rotatable bonds is 7. The van der Waals surface area contributed by atoms with Crippen LogP contribution >= 0.6 is 24.0 Å². The van der Waals surface area contributed by atoms with Crippen LogP contribution in [0.2, 0.25) is 0 Å². The van der Waals surface area contributed by atoms with E-state index in [1.807, 2.05) is 4.90 Å². The number of carbonyl (C=O) groups is 1. The quantitative estimate of drug-likeness (QED) is 0.315. The number of halogens is 1. The van der Waals surface area contributed by atoms with E-state index in [9.17, 15) is 4.79 Å². The van der Waals surface area contributed by atoms with Gasteiger partial charge in [0.25, 0.3) is 0 Å². The van der Waals surface area contributed by atoms with Crippen molar-refractivity contribution in [3.05, 3.63) is 35.4 Å². The molecule has 0 bridgehead atoms. The Morgan fingerprint density at radius 3 is 2.58 bits per heavy atom. The number of carbonyl (C=O) groups excluding carboxylic acids is 1. The Labute approximate surface area is 204 Å². The van der Waals surface area contributed by atoms with Crippen molar-refractivity contribution in [2.45, 2.75) is 51.7 Å². The summed E-state index contributed by atoms with van der Waals surface area (Å²) < 4.78 is 5.45. The van der Waals surface area contributed by atoms with Crippen LogP contribution in [0.3, 0.4) is 0 Å². The number of nitrogens with zero attached hydrogens (tertiary/aromatic N) is 3. The number of benzene rings is 1. The molecule has 0 aromatic heterocycles. The Morgan fingerprint density at radius 1 is 1.13 bits per heavy atom. The summed E-state index contributed by atoms with van der Waals surface area (Å²) in [5, 5.41) is 6.69. The molecule has 2 saturated heterocycles. The first-order valence-corrected chi connectivity index (χ1v) is 11.3. The molecule has 8 heteroatoms. The van der Waals surface area contributed by atoms with Gasteiger partial charge >= 0.3 is 0 Å². The maximum absolute atomic E-state index is 12.5. The van der Waals surface area contributed by atoms with Crippen LogP contribution < -0.4 is 10.6 Å². The molecule has 7 nitrogen and oxygen atoms in total. The van der Waals surface area contributed by atoms with E-state index in [1.54, 1.807) is 7.05 Å². The maximum Gasteiger partial charge on any atom is 0.224 e. The summed E-state index contributed by atoms with van der Waals surface area (Å²) in [6.07, 6.45) is 3.97. The largest absolute Gasteiger partial charge is 0.379 e.